The van der Waals surface area contributed by atoms with Crippen LogP contribution in [0.25, 0.3) is 0 Å². The molecule has 1 heterocycles. The van der Waals surface area contributed by atoms with Crippen LogP contribution < -0.4 is 5.73 Å². The second-order valence-corrected chi connectivity index (χ2v) is 10.2. The van der Waals surface area contributed by atoms with Crippen molar-refractivity contribution in [3.8, 4) is 0 Å². The van der Waals surface area contributed by atoms with Crippen molar-refractivity contribution in [2.75, 3.05) is 6.54 Å². The van der Waals surface area contributed by atoms with Crippen LogP contribution in [0.1, 0.15) is 29.5 Å². The number of sulfonamides is 1. The number of hydrogen-bond donors (Lipinski definition) is 1. The average Bonchev–Trinajstić information content (AvgIpc) is 3.29. The number of hydrogen-bond acceptors (Lipinski definition) is 3. The molecule has 0 aromatic heterocycles. The molecule has 4 rings (SSSR count). The topological polar surface area (TPSA) is 100 Å². The lowest BCUT2D eigenvalue weighted by Crippen LogP contribution is -2.27. The third kappa shape index (κ3) is 6.17. The molecule has 7 nitrogen and oxygen atoms in total. The molecule has 3 aromatic rings. The molecule has 0 saturated carbocycles. The Labute approximate surface area is 216 Å². The molecule has 2 N–H and O–H groups in total. The van der Waals surface area contributed by atoms with Crippen LogP contribution in [-0.4, -0.2) is 37.5 Å². The fourth-order valence-electron chi connectivity index (χ4n) is 3.71. The first-order valence-corrected chi connectivity index (χ1v) is 12.8. The third-order valence-electron chi connectivity index (χ3n) is 5.44. The summed E-state index contributed by atoms with van der Waals surface area (Å²) in [6.07, 6.45) is -4.60. The second kappa shape index (κ2) is 10.3. The highest BCUT2D eigenvalue weighted by Crippen LogP contribution is 2.32. The maximum atomic E-state index is 13.0. The van der Waals surface area contributed by atoms with Gasteiger partial charge in [0, 0.05) is 10.9 Å². The highest BCUT2D eigenvalue weighted by atomic mass is 35.5. The van der Waals surface area contributed by atoms with Crippen molar-refractivity contribution in [2.24, 2.45) is 20.2 Å². The van der Waals surface area contributed by atoms with E-state index in [9.17, 15) is 21.6 Å². The third-order valence-corrected chi connectivity index (χ3v) is 6.97. The van der Waals surface area contributed by atoms with Gasteiger partial charge in [-0.3, -0.25) is 0 Å². The molecule has 0 radical (unpaired) electrons. The quantitative estimate of drug-likeness (QED) is 0.354. The monoisotopic (exact) mass is 547 g/mol. The summed E-state index contributed by atoms with van der Waals surface area (Å²) in [4.78, 5) is 3.65. The van der Waals surface area contributed by atoms with Gasteiger partial charge in [0.2, 0.25) is 0 Å². The first-order chi connectivity index (χ1) is 17.4. The molecule has 1 atom stereocenters. The van der Waals surface area contributed by atoms with Gasteiger partial charge in [-0.25, -0.2) is 5.01 Å². The first-order valence-electron chi connectivity index (χ1n) is 10.9. The van der Waals surface area contributed by atoms with Gasteiger partial charge in [0.05, 0.1) is 28.6 Å². The molecule has 1 unspecified atom stereocenters. The Morgan fingerprint density at radius 3 is 2.22 bits per heavy atom. The van der Waals surface area contributed by atoms with Crippen LogP contribution in [0.3, 0.4) is 0 Å². The maximum absolute atomic E-state index is 13.0. The van der Waals surface area contributed by atoms with Crippen molar-refractivity contribution in [1.82, 2.24) is 5.01 Å². The molecule has 0 aliphatic carbocycles. The standard InChI is InChI=1S/C25H21ClF3N5O2S/c1-16(30)31-24(33-37(35,36)21-13-9-19(10-14-21)25(27,28)29)34-15-22(17-5-3-2-4-6-17)23(32-34)18-7-11-20(26)12-8-18/h2-14,22H,15H2,1H3,(H2,30,31,33). The number of hydrazone groups is 1. The molecule has 12 heteroatoms. The highest BCUT2D eigenvalue weighted by molar-refractivity contribution is 7.90. The lowest BCUT2D eigenvalue weighted by Gasteiger charge is -2.16. The molecule has 0 bridgehead atoms. The van der Waals surface area contributed by atoms with Crippen LogP contribution in [0.4, 0.5) is 13.2 Å². The van der Waals surface area contributed by atoms with Crippen LogP contribution in [0.5, 0.6) is 0 Å². The number of aliphatic imine (C=N–C) groups is 1. The minimum atomic E-state index is -4.60. The number of amidine groups is 1. The van der Waals surface area contributed by atoms with E-state index in [2.05, 4.69) is 14.5 Å². The van der Waals surface area contributed by atoms with Crippen LogP contribution in [0.15, 0.2) is 98.2 Å². The molecule has 3 aromatic carbocycles. The molecular weight excluding hydrogens is 527 g/mol. The average molecular weight is 548 g/mol. The van der Waals surface area contributed by atoms with Gasteiger partial charge in [0.15, 0.2) is 0 Å². The van der Waals surface area contributed by atoms with Gasteiger partial charge in [-0.1, -0.05) is 54.1 Å². The van der Waals surface area contributed by atoms with Crippen LogP contribution in [-0.2, 0) is 16.2 Å². The maximum Gasteiger partial charge on any atom is 0.416 e. The number of rotatable bonds is 4. The molecule has 192 valence electrons. The summed E-state index contributed by atoms with van der Waals surface area (Å²) in [7, 11) is -4.45. The fourth-order valence-corrected chi connectivity index (χ4v) is 4.78. The van der Waals surface area contributed by atoms with Crippen molar-refractivity contribution in [2.45, 2.75) is 23.9 Å². The van der Waals surface area contributed by atoms with Crippen molar-refractivity contribution in [3.63, 3.8) is 0 Å². The van der Waals surface area contributed by atoms with Gasteiger partial charge in [-0.2, -0.15) is 31.7 Å². The number of benzene rings is 3. The number of nitrogens with zero attached hydrogens (tertiary/aromatic N) is 4. The summed E-state index contributed by atoms with van der Waals surface area (Å²) in [5.74, 6) is -0.563. The van der Waals surface area contributed by atoms with E-state index in [0.717, 1.165) is 23.3 Å². The zero-order valence-corrected chi connectivity index (χ0v) is 21.0. The summed E-state index contributed by atoms with van der Waals surface area (Å²) in [5.41, 5.74) is 7.10. The zero-order valence-electron chi connectivity index (χ0n) is 19.4. The first kappa shape index (κ1) is 26.4. The van der Waals surface area contributed by atoms with E-state index < -0.39 is 26.7 Å². The molecule has 0 fully saturated rings. The zero-order chi connectivity index (χ0) is 26.8. The van der Waals surface area contributed by atoms with Crippen molar-refractivity contribution in [3.05, 3.63) is 101 Å². The van der Waals surface area contributed by atoms with E-state index in [1.165, 1.54) is 11.9 Å². The van der Waals surface area contributed by atoms with E-state index in [4.69, 9.17) is 17.3 Å². The second-order valence-electron chi connectivity index (χ2n) is 8.18. The van der Waals surface area contributed by atoms with Crippen molar-refractivity contribution >= 4 is 39.1 Å². The smallest absolute Gasteiger partial charge is 0.387 e. The van der Waals surface area contributed by atoms with Gasteiger partial charge in [0.1, 0.15) is 0 Å². The van der Waals surface area contributed by atoms with E-state index in [0.29, 0.717) is 22.9 Å². The van der Waals surface area contributed by atoms with E-state index in [1.54, 1.807) is 24.3 Å². The predicted octanol–water partition coefficient (Wildman–Crippen LogP) is 5.28. The summed E-state index contributed by atoms with van der Waals surface area (Å²) >= 11 is 6.04. The summed E-state index contributed by atoms with van der Waals surface area (Å²) in [5, 5.41) is 6.49. The minimum absolute atomic E-state index is 0.0211. The Bertz CT molecular complexity index is 1470. The van der Waals surface area contributed by atoms with Crippen LogP contribution in [0.2, 0.25) is 5.02 Å². The summed E-state index contributed by atoms with van der Waals surface area (Å²) in [6.45, 7) is 1.65. The number of nitrogens with two attached hydrogens (primary N) is 1. The van der Waals surface area contributed by atoms with Crippen LogP contribution in [0, 0.1) is 0 Å². The Balaban J connectivity index is 1.77. The predicted molar refractivity (Wildman–Crippen MR) is 137 cm³/mol. The highest BCUT2D eigenvalue weighted by Gasteiger charge is 2.33. The molecule has 1 aliphatic heterocycles. The van der Waals surface area contributed by atoms with Crippen molar-refractivity contribution in [1.29, 1.82) is 0 Å². The van der Waals surface area contributed by atoms with Gasteiger partial charge >= 0.3 is 6.18 Å². The number of guanidine groups is 1. The van der Waals surface area contributed by atoms with Gasteiger partial charge in [-0.05, 0) is 54.4 Å². The molecule has 0 spiro atoms. The van der Waals surface area contributed by atoms with Gasteiger partial charge in [-0.15, -0.1) is 4.40 Å². The molecular formula is C25H21ClF3N5O2S. The minimum Gasteiger partial charge on any atom is -0.387 e. The van der Waals surface area contributed by atoms with Crippen molar-refractivity contribution < 1.29 is 21.6 Å². The summed E-state index contributed by atoms with van der Waals surface area (Å²) < 4.78 is 68.6. The normalized spacial score (nSPS) is 17.2. The fraction of sp³-hybridized carbons (Fsp3) is 0.160. The molecule has 0 saturated heterocycles. The SMILES string of the molecule is C/C(N)=N\C(=N/S(=O)(=O)c1ccc(C(F)(F)F)cc1)N1CC(c2ccccc2)C(c2ccc(Cl)cc2)=N1. The number of alkyl halides is 3. The summed E-state index contributed by atoms with van der Waals surface area (Å²) in [6, 6.07) is 19.6. The Morgan fingerprint density at radius 1 is 1.03 bits per heavy atom. The van der Waals surface area contributed by atoms with E-state index in [-0.39, 0.29) is 24.3 Å². The Hall–Kier alpha value is -3.70. The van der Waals surface area contributed by atoms with Crippen LogP contribution >= 0.6 is 11.6 Å². The largest absolute Gasteiger partial charge is 0.416 e. The lowest BCUT2D eigenvalue weighted by molar-refractivity contribution is -0.137. The van der Waals surface area contributed by atoms with E-state index >= 15 is 0 Å². The Kier molecular flexibility index (Phi) is 7.37. The number of halogens is 4. The molecule has 37 heavy (non-hydrogen) atoms. The van der Waals surface area contributed by atoms with E-state index in [1.807, 2.05) is 30.3 Å². The van der Waals surface area contributed by atoms with Gasteiger partial charge in [0.25, 0.3) is 16.0 Å². The molecule has 0 amide bonds. The Morgan fingerprint density at radius 2 is 1.65 bits per heavy atom. The lowest BCUT2D eigenvalue weighted by atomic mass is 9.91. The molecule has 1 aliphatic rings. The van der Waals surface area contributed by atoms with Gasteiger partial charge < -0.3 is 5.73 Å².